The monoisotopic (exact) mass is 337 g/mol. The van der Waals surface area contributed by atoms with Gasteiger partial charge < -0.3 is 4.98 Å². The van der Waals surface area contributed by atoms with Crippen LogP contribution in [0.1, 0.15) is 0 Å². The van der Waals surface area contributed by atoms with Gasteiger partial charge in [0.2, 0.25) is 0 Å². The third-order valence-electron chi connectivity index (χ3n) is 3.64. The number of aromatic amines is 1. The average molecular weight is 337 g/mol. The summed E-state index contributed by atoms with van der Waals surface area (Å²) in [6.45, 7) is 0. The van der Waals surface area contributed by atoms with E-state index >= 15 is 0 Å². The number of imidazole rings is 1. The molecule has 24 heavy (non-hydrogen) atoms. The smallest absolute Gasteiger partial charge is 0.167 e. The van der Waals surface area contributed by atoms with Crippen molar-refractivity contribution in [2.75, 3.05) is 6.26 Å². The van der Waals surface area contributed by atoms with E-state index in [0.29, 0.717) is 28.0 Å². The Morgan fingerprint density at radius 3 is 2.67 bits per heavy atom. The fourth-order valence-corrected chi connectivity index (χ4v) is 2.93. The van der Waals surface area contributed by atoms with Crippen molar-refractivity contribution >= 4 is 22.9 Å². The van der Waals surface area contributed by atoms with E-state index in [4.69, 9.17) is 0 Å². The van der Waals surface area contributed by atoms with Crippen molar-refractivity contribution in [3.8, 4) is 22.4 Å². The van der Waals surface area contributed by atoms with E-state index in [-0.39, 0.29) is 0 Å². The van der Waals surface area contributed by atoms with E-state index in [1.54, 1.807) is 24.7 Å². The predicted octanol–water partition coefficient (Wildman–Crippen LogP) is 3.94. The highest BCUT2D eigenvalue weighted by molar-refractivity contribution is 7.98. The molecule has 0 atom stereocenters. The average Bonchev–Trinajstić information content (AvgIpc) is 3.04. The van der Waals surface area contributed by atoms with Crippen LogP contribution in [0.3, 0.4) is 0 Å². The minimum absolute atomic E-state index is 0.399. The summed E-state index contributed by atoms with van der Waals surface area (Å²) in [5, 5.41) is 0.766. The van der Waals surface area contributed by atoms with E-state index < -0.39 is 5.82 Å². The van der Waals surface area contributed by atoms with Gasteiger partial charge in [-0.1, -0.05) is 11.8 Å². The molecule has 0 aliphatic rings. The van der Waals surface area contributed by atoms with Crippen molar-refractivity contribution in [2.24, 2.45) is 0 Å². The maximum absolute atomic E-state index is 14.3. The van der Waals surface area contributed by atoms with Crippen molar-refractivity contribution in [1.82, 2.24) is 24.9 Å². The van der Waals surface area contributed by atoms with Gasteiger partial charge in [0.05, 0.1) is 11.9 Å². The molecule has 4 aromatic rings. The first kappa shape index (κ1) is 14.8. The lowest BCUT2D eigenvalue weighted by Crippen LogP contribution is -1.94. The summed E-state index contributed by atoms with van der Waals surface area (Å²) < 4.78 is 14.3. The van der Waals surface area contributed by atoms with Crippen LogP contribution in [0.15, 0.2) is 54.2 Å². The number of thioether (sulfide) groups is 1. The first-order chi connectivity index (χ1) is 11.8. The quantitative estimate of drug-likeness (QED) is 0.574. The molecule has 0 radical (unpaired) electrons. The van der Waals surface area contributed by atoms with Gasteiger partial charge in [-0.2, -0.15) is 0 Å². The molecule has 0 fully saturated rings. The van der Waals surface area contributed by atoms with Crippen LogP contribution in [-0.4, -0.2) is 31.2 Å². The fourth-order valence-electron chi connectivity index (χ4n) is 2.54. The summed E-state index contributed by atoms with van der Waals surface area (Å²) in [6, 6.07) is 7.21. The Morgan fingerprint density at radius 1 is 1.04 bits per heavy atom. The maximum atomic E-state index is 14.3. The van der Waals surface area contributed by atoms with Gasteiger partial charge in [-0.25, -0.2) is 14.4 Å². The number of halogens is 1. The lowest BCUT2D eigenvalue weighted by molar-refractivity contribution is 0.625. The molecule has 4 aromatic heterocycles. The van der Waals surface area contributed by atoms with Crippen molar-refractivity contribution in [2.45, 2.75) is 5.16 Å². The van der Waals surface area contributed by atoms with E-state index in [1.807, 2.05) is 24.5 Å². The first-order valence-corrected chi connectivity index (χ1v) is 8.44. The lowest BCUT2D eigenvalue weighted by atomic mass is 10.0. The lowest BCUT2D eigenvalue weighted by Gasteiger charge is -2.09. The molecule has 0 saturated heterocycles. The van der Waals surface area contributed by atoms with Crippen molar-refractivity contribution in [1.29, 1.82) is 0 Å². The molecular weight excluding hydrogens is 325 g/mol. The molecule has 0 aromatic carbocycles. The normalized spacial score (nSPS) is 11.1. The Kier molecular flexibility index (Phi) is 3.70. The summed E-state index contributed by atoms with van der Waals surface area (Å²) in [5.41, 5.74) is 3.92. The van der Waals surface area contributed by atoms with Crippen LogP contribution in [0.25, 0.3) is 33.5 Å². The molecule has 0 bridgehead atoms. The van der Waals surface area contributed by atoms with Gasteiger partial charge in [0, 0.05) is 35.3 Å². The predicted molar refractivity (Wildman–Crippen MR) is 92.1 cm³/mol. The summed E-state index contributed by atoms with van der Waals surface area (Å²) in [4.78, 5) is 20.3. The van der Waals surface area contributed by atoms with E-state index in [2.05, 4.69) is 24.9 Å². The minimum atomic E-state index is -0.399. The van der Waals surface area contributed by atoms with Gasteiger partial charge >= 0.3 is 0 Å². The van der Waals surface area contributed by atoms with E-state index in [0.717, 1.165) is 10.7 Å². The third-order valence-corrected chi connectivity index (χ3v) is 4.22. The zero-order chi connectivity index (χ0) is 16.5. The second kappa shape index (κ2) is 6.01. The highest BCUT2D eigenvalue weighted by atomic mass is 32.2. The zero-order valence-electron chi connectivity index (χ0n) is 12.7. The van der Waals surface area contributed by atoms with Gasteiger partial charge in [-0.15, -0.1) is 0 Å². The summed E-state index contributed by atoms with van der Waals surface area (Å²) in [6.07, 6.45) is 8.10. The summed E-state index contributed by atoms with van der Waals surface area (Å²) in [7, 11) is 0. The Hall–Kier alpha value is -2.80. The minimum Gasteiger partial charge on any atom is -0.318 e. The molecule has 4 rings (SSSR count). The number of hydrogen-bond acceptors (Lipinski definition) is 5. The molecule has 0 amide bonds. The van der Waals surface area contributed by atoms with Crippen LogP contribution < -0.4 is 0 Å². The molecule has 1 N–H and O–H groups in total. The standard InChI is InChI=1S/C17H12FN5S/c1-24-17-21-14-7-12(11-4-6-20-9-13(11)18)15(22-16(14)23-17)10-3-2-5-19-8-10/h2-9H,1H3,(H,21,22,23). The number of pyridine rings is 3. The third kappa shape index (κ3) is 2.52. The van der Waals surface area contributed by atoms with Gasteiger partial charge in [0.15, 0.2) is 10.8 Å². The van der Waals surface area contributed by atoms with Crippen LogP contribution in [0.5, 0.6) is 0 Å². The van der Waals surface area contributed by atoms with Crippen molar-refractivity contribution in [3.05, 3.63) is 54.9 Å². The van der Waals surface area contributed by atoms with Crippen molar-refractivity contribution < 1.29 is 4.39 Å². The van der Waals surface area contributed by atoms with Gasteiger partial charge in [0.1, 0.15) is 11.3 Å². The van der Waals surface area contributed by atoms with Crippen LogP contribution in [0, 0.1) is 5.82 Å². The summed E-state index contributed by atoms with van der Waals surface area (Å²) in [5.74, 6) is -0.399. The molecule has 4 heterocycles. The highest BCUT2D eigenvalue weighted by Gasteiger charge is 2.16. The fraction of sp³-hybridized carbons (Fsp3) is 0.0588. The molecule has 0 aliphatic carbocycles. The Labute approximate surface area is 141 Å². The zero-order valence-corrected chi connectivity index (χ0v) is 13.5. The first-order valence-electron chi connectivity index (χ1n) is 7.21. The Morgan fingerprint density at radius 2 is 1.92 bits per heavy atom. The maximum Gasteiger partial charge on any atom is 0.167 e. The summed E-state index contributed by atoms with van der Waals surface area (Å²) >= 11 is 1.50. The van der Waals surface area contributed by atoms with Gasteiger partial charge in [-0.05, 0) is 30.5 Å². The topological polar surface area (TPSA) is 67.3 Å². The number of nitrogens with zero attached hydrogens (tertiary/aromatic N) is 4. The van der Waals surface area contributed by atoms with Gasteiger partial charge in [0.25, 0.3) is 0 Å². The van der Waals surface area contributed by atoms with Crippen LogP contribution >= 0.6 is 11.8 Å². The molecule has 0 unspecified atom stereocenters. The molecule has 118 valence electrons. The largest absolute Gasteiger partial charge is 0.318 e. The molecule has 0 saturated carbocycles. The second-order valence-electron chi connectivity index (χ2n) is 5.10. The Balaban J connectivity index is 2.04. The molecule has 5 nitrogen and oxygen atoms in total. The molecule has 7 heteroatoms. The highest BCUT2D eigenvalue weighted by Crippen LogP contribution is 2.34. The van der Waals surface area contributed by atoms with E-state index in [1.165, 1.54) is 18.0 Å². The van der Waals surface area contributed by atoms with Crippen molar-refractivity contribution in [3.63, 3.8) is 0 Å². The van der Waals surface area contributed by atoms with Crippen LogP contribution in [0.2, 0.25) is 0 Å². The number of aromatic nitrogens is 5. The molecular formula is C17H12FN5S. The SMILES string of the molecule is CSc1nc2cc(-c3ccncc3F)c(-c3cccnc3)nc2[nH]1. The van der Waals surface area contributed by atoms with Crippen LogP contribution in [-0.2, 0) is 0 Å². The van der Waals surface area contributed by atoms with E-state index in [9.17, 15) is 4.39 Å². The Bertz CT molecular complexity index is 1020. The van der Waals surface area contributed by atoms with Gasteiger partial charge in [-0.3, -0.25) is 9.97 Å². The molecule has 0 spiro atoms. The number of hydrogen-bond donors (Lipinski definition) is 1. The number of rotatable bonds is 3. The molecule has 0 aliphatic heterocycles. The number of fused-ring (bicyclic) bond motifs is 1. The second-order valence-corrected chi connectivity index (χ2v) is 5.89. The van der Waals surface area contributed by atoms with Crippen LogP contribution in [0.4, 0.5) is 4.39 Å². The number of H-pyrrole nitrogens is 1. The number of nitrogens with one attached hydrogen (secondary N) is 1.